The molecule has 44 heavy (non-hydrogen) atoms. The Labute approximate surface area is 257 Å². The van der Waals surface area contributed by atoms with Crippen molar-refractivity contribution in [3.05, 3.63) is 53.3 Å². The molecule has 0 N–H and O–H groups in total. The van der Waals surface area contributed by atoms with E-state index in [4.69, 9.17) is 14.2 Å². The first kappa shape index (κ1) is 32.9. The number of nitrogens with zero attached hydrogens (tertiary/aromatic N) is 5. The summed E-state index contributed by atoms with van der Waals surface area (Å²) < 4.78 is 49.4. The van der Waals surface area contributed by atoms with E-state index >= 15 is 8.78 Å². The molecule has 10 nitrogen and oxygen atoms in total. The SMILES string of the molecule is Cc1ccccc1CN(C(=O)OC(C)(C)C)c1cc(OC2CCN(C(=O)OC(C)(C)C)CC2(F)F)nn2c(C(C)C)cnc12. The molecule has 4 rings (SSSR count). The van der Waals surface area contributed by atoms with Gasteiger partial charge in [-0.25, -0.2) is 27.9 Å². The number of rotatable bonds is 6. The molecule has 3 heterocycles. The van der Waals surface area contributed by atoms with Crippen molar-refractivity contribution in [2.45, 2.75) is 104 Å². The number of ether oxygens (including phenoxy) is 3. The molecule has 1 saturated heterocycles. The quantitative estimate of drug-likeness (QED) is 0.291. The number of carbonyl (C=O) groups excluding carboxylic acids is 2. The van der Waals surface area contributed by atoms with Crippen LogP contribution in [0.2, 0.25) is 0 Å². The Morgan fingerprint density at radius 2 is 1.75 bits per heavy atom. The van der Waals surface area contributed by atoms with Crippen LogP contribution in [0, 0.1) is 6.92 Å². The Morgan fingerprint density at radius 1 is 1.09 bits per heavy atom. The first-order valence-electron chi connectivity index (χ1n) is 14.8. The molecule has 12 heteroatoms. The van der Waals surface area contributed by atoms with Gasteiger partial charge in [-0.15, -0.1) is 5.10 Å². The lowest BCUT2D eigenvalue weighted by Crippen LogP contribution is -2.56. The summed E-state index contributed by atoms with van der Waals surface area (Å²) in [5, 5.41) is 4.53. The fraction of sp³-hybridized carbons (Fsp3) is 0.562. The minimum atomic E-state index is -3.40. The van der Waals surface area contributed by atoms with Crippen LogP contribution < -0.4 is 9.64 Å². The standard InChI is InChI=1S/C32H43F2N5O5/c1-20(2)24-17-35-27-23(38(29(41)44-31(7,8)9)18-22-13-11-10-12-21(22)3)16-26(36-39(24)27)42-25-14-15-37(19-32(25,33)34)28(40)43-30(4,5)6/h10-13,16-17,20,25H,14-15,18-19H2,1-9H3. The lowest BCUT2D eigenvalue weighted by Gasteiger charge is -2.38. The number of halogens is 2. The van der Waals surface area contributed by atoms with Crippen LogP contribution in [0.25, 0.3) is 5.65 Å². The Kier molecular flexibility index (Phi) is 9.14. The molecular formula is C32H43F2N5O5. The number of anilines is 1. The first-order chi connectivity index (χ1) is 20.3. The summed E-state index contributed by atoms with van der Waals surface area (Å²) in [6, 6.07) is 9.09. The van der Waals surface area contributed by atoms with Gasteiger partial charge in [0.1, 0.15) is 11.2 Å². The number of likely N-dealkylation sites (tertiary alicyclic amines) is 1. The van der Waals surface area contributed by atoms with Gasteiger partial charge in [0, 0.05) is 19.0 Å². The molecule has 1 atom stereocenters. The van der Waals surface area contributed by atoms with Crippen molar-refractivity contribution in [1.82, 2.24) is 19.5 Å². The second-order valence-electron chi connectivity index (χ2n) is 13.5. The smallest absolute Gasteiger partial charge is 0.415 e. The predicted molar refractivity (Wildman–Crippen MR) is 162 cm³/mol. The average molecular weight is 616 g/mol. The van der Waals surface area contributed by atoms with Crippen molar-refractivity contribution in [2.24, 2.45) is 0 Å². The normalized spacial score (nSPS) is 17.1. The van der Waals surface area contributed by atoms with E-state index in [1.165, 1.54) is 15.5 Å². The third-order valence-electron chi connectivity index (χ3n) is 6.99. The molecular weight excluding hydrogens is 572 g/mol. The van der Waals surface area contributed by atoms with Crippen LogP contribution in [-0.4, -0.2) is 68.0 Å². The highest BCUT2D eigenvalue weighted by Crippen LogP contribution is 2.35. The highest BCUT2D eigenvalue weighted by atomic mass is 19.3. The molecule has 0 aliphatic carbocycles. The average Bonchev–Trinajstić information content (AvgIpc) is 3.31. The monoisotopic (exact) mass is 615 g/mol. The molecule has 240 valence electrons. The summed E-state index contributed by atoms with van der Waals surface area (Å²) >= 11 is 0. The van der Waals surface area contributed by atoms with Crippen LogP contribution in [0.15, 0.2) is 36.5 Å². The van der Waals surface area contributed by atoms with Crippen LogP contribution in [-0.2, 0) is 16.0 Å². The molecule has 2 amide bonds. The minimum absolute atomic E-state index is 0.0178. The zero-order valence-electron chi connectivity index (χ0n) is 27.0. The van der Waals surface area contributed by atoms with E-state index in [0.717, 1.165) is 16.0 Å². The number of aryl methyl sites for hydroxylation is 1. The summed E-state index contributed by atoms with van der Waals surface area (Å²) in [4.78, 5) is 33.2. The van der Waals surface area contributed by atoms with Gasteiger partial charge in [-0.3, -0.25) is 4.90 Å². The van der Waals surface area contributed by atoms with E-state index in [0.29, 0.717) is 17.0 Å². The van der Waals surface area contributed by atoms with Crippen molar-refractivity contribution in [3.8, 4) is 5.88 Å². The van der Waals surface area contributed by atoms with Gasteiger partial charge in [-0.1, -0.05) is 38.1 Å². The number of benzene rings is 1. The zero-order valence-corrected chi connectivity index (χ0v) is 27.0. The number of carbonyl (C=O) groups is 2. The van der Waals surface area contributed by atoms with Gasteiger partial charge in [0.15, 0.2) is 11.8 Å². The van der Waals surface area contributed by atoms with Gasteiger partial charge in [0.25, 0.3) is 0 Å². The van der Waals surface area contributed by atoms with Crippen molar-refractivity contribution >= 4 is 23.5 Å². The lowest BCUT2D eigenvalue weighted by molar-refractivity contribution is -0.138. The molecule has 3 aromatic rings. The van der Waals surface area contributed by atoms with Crippen molar-refractivity contribution in [3.63, 3.8) is 0 Å². The molecule has 1 aromatic carbocycles. The number of imidazole rings is 1. The second kappa shape index (κ2) is 12.2. The first-order valence-corrected chi connectivity index (χ1v) is 14.8. The van der Waals surface area contributed by atoms with Crippen LogP contribution >= 0.6 is 0 Å². The van der Waals surface area contributed by atoms with E-state index < -0.39 is 42.0 Å². The van der Waals surface area contributed by atoms with E-state index in [9.17, 15) is 9.59 Å². The van der Waals surface area contributed by atoms with Gasteiger partial charge in [-0.2, -0.15) is 0 Å². The molecule has 0 bridgehead atoms. The second-order valence-corrected chi connectivity index (χ2v) is 13.5. The third kappa shape index (κ3) is 7.75. The molecule has 0 saturated carbocycles. The molecule has 1 aliphatic heterocycles. The fourth-order valence-corrected chi connectivity index (χ4v) is 4.81. The van der Waals surface area contributed by atoms with Crippen LogP contribution in [0.1, 0.15) is 84.5 Å². The third-order valence-corrected chi connectivity index (χ3v) is 6.99. The van der Waals surface area contributed by atoms with Crippen LogP contribution in [0.5, 0.6) is 5.88 Å². The summed E-state index contributed by atoms with van der Waals surface area (Å²) in [5.41, 5.74) is 1.58. The Morgan fingerprint density at radius 3 is 2.34 bits per heavy atom. The van der Waals surface area contributed by atoms with E-state index in [1.807, 2.05) is 45.0 Å². The molecule has 2 aromatic heterocycles. The minimum Gasteiger partial charge on any atom is -0.467 e. The molecule has 0 spiro atoms. The Balaban J connectivity index is 1.75. The summed E-state index contributed by atoms with van der Waals surface area (Å²) in [7, 11) is 0. The summed E-state index contributed by atoms with van der Waals surface area (Å²) in [5.74, 6) is -3.53. The number of amides is 2. The summed E-state index contributed by atoms with van der Waals surface area (Å²) in [6.45, 7) is 15.5. The van der Waals surface area contributed by atoms with Gasteiger partial charge in [0.2, 0.25) is 5.88 Å². The number of hydrogen-bond acceptors (Lipinski definition) is 7. The number of hydrogen-bond donors (Lipinski definition) is 0. The summed E-state index contributed by atoms with van der Waals surface area (Å²) in [6.07, 6.45) is -1.51. The van der Waals surface area contributed by atoms with E-state index in [-0.39, 0.29) is 31.3 Å². The zero-order chi connectivity index (χ0) is 32.6. The van der Waals surface area contributed by atoms with Crippen molar-refractivity contribution in [2.75, 3.05) is 18.0 Å². The highest BCUT2D eigenvalue weighted by molar-refractivity contribution is 5.92. The number of alkyl halides is 2. The Hall–Kier alpha value is -3.96. The van der Waals surface area contributed by atoms with Crippen LogP contribution in [0.4, 0.5) is 24.1 Å². The van der Waals surface area contributed by atoms with Gasteiger partial charge < -0.3 is 19.1 Å². The van der Waals surface area contributed by atoms with Gasteiger partial charge in [-0.05, 0) is 65.5 Å². The van der Waals surface area contributed by atoms with Gasteiger partial charge >= 0.3 is 18.1 Å². The van der Waals surface area contributed by atoms with E-state index in [1.54, 1.807) is 47.7 Å². The van der Waals surface area contributed by atoms with Gasteiger partial charge in [0.05, 0.1) is 30.7 Å². The molecule has 1 fully saturated rings. The Bertz CT molecular complexity index is 1510. The maximum atomic E-state index is 15.5. The van der Waals surface area contributed by atoms with Crippen LogP contribution in [0.3, 0.4) is 0 Å². The van der Waals surface area contributed by atoms with Crippen molar-refractivity contribution < 1.29 is 32.6 Å². The molecule has 1 unspecified atom stereocenters. The largest absolute Gasteiger partial charge is 0.467 e. The van der Waals surface area contributed by atoms with Crippen molar-refractivity contribution in [1.29, 1.82) is 0 Å². The number of aromatic nitrogens is 3. The number of fused-ring (bicyclic) bond motifs is 1. The lowest BCUT2D eigenvalue weighted by atomic mass is 10.0. The molecule has 0 radical (unpaired) electrons. The topological polar surface area (TPSA) is 98.5 Å². The maximum Gasteiger partial charge on any atom is 0.415 e. The highest BCUT2D eigenvalue weighted by Gasteiger charge is 2.49. The van der Waals surface area contributed by atoms with E-state index in [2.05, 4.69) is 10.1 Å². The predicted octanol–water partition coefficient (Wildman–Crippen LogP) is 7.13. The number of piperidine rings is 1. The fourth-order valence-electron chi connectivity index (χ4n) is 4.81. The molecule has 1 aliphatic rings. The maximum absolute atomic E-state index is 15.5.